The summed E-state index contributed by atoms with van der Waals surface area (Å²) in [6.07, 6.45) is 1.13. The number of carboxylic acids is 1. The number of rotatable bonds is 12. The van der Waals surface area contributed by atoms with Crippen molar-refractivity contribution >= 4 is 45.6 Å². The molecule has 0 radical (unpaired) electrons. The molecule has 0 aliphatic rings. The van der Waals surface area contributed by atoms with E-state index in [0.717, 1.165) is 16.3 Å². The van der Waals surface area contributed by atoms with Crippen LogP contribution in [0.5, 0.6) is 0 Å². The van der Waals surface area contributed by atoms with E-state index in [0.29, 0.717) is 24.0 Å². The molecule has 0 saturated carbocycles. The van der Waals surface area contributed by atoms with Crippen molar-refractivity contribution in [2.24, 2.45) is 0 Å². The van der Waals surface area contributed by atoms with Gasteiger partial charge in [-0.3, -0.25) is 14.4 Å². The second-order valence-corrected chi connectivity index (χ2v) is 9.76. The fraction of sp³-hybridized carbons (Fsp3) is 0.188. The van der Waals surface area contributed by atoms with Gasteiger partial charge in [-0.2, -0.15) is 0 Å². The lowest BCUT2D eigenvalue weighted by atomic mass is 10.1. The molecule has 3 amide bonds. The smallest absolute Gasteiger partial charge is 0.335 e. The zero-order chi connectivity index (χ0) is 29.5. The highest BCUT2D eigenvalue weighted by Gasteiger charge is 2.23. The summed E-state index contributed by atoms with van der Waals surface area (Å²) >= 11 is 0. The van der Waals surface area contributed by atoms with Crippen LogP contribution in [0.25, 0.3) is 21.9 Å². The molecular weight excluding hydrogens is 538 g/mol. The zero-order valence-electron chi connectivity index (χ0n) is 22.6. The molecule has 214 valence electrons. The molecular formula is C32H29N3O7. The average molecular weight is 568 g/mol. The largest absolute Gasteiger partial charge is 0.478 e. The topological polar surface area (TPSA) is 151 Å². The fourth-order valence-electron chi connectivity index (χ4n) is 4.55. The predicted octanol–water partition coefficient (Wildman–Crippen LogP) is 4.54. The van der Waals surface area contributed by atoms with Gasteiger partial charge in [0, 0.05) is 23.9 Å². The second-order valence-electron chi connectivity index (χ2n) is 9.76. The Bertz CT molecular complexity index is 1670. The molecule has 10 heteroatoms. The van der Waals surface area contributed by atoms with Gasteiger partial charge in [0.25, 0.3) is 11.8 Å². The first-order chi connectivity index (χ1) is 20.4. The van der Waals surface area contributed by atoms with E-state index in [1.807, 2.05) is 30.3 Å². The quantitative estimate of drug-likeness (QED) is 0.162. The van der Waals surface area contributed by atoms with Crippen molar-refractivity contribution in [1.82, 2.24) is 16.0 Å². The van der Waals surface area contributed by atoms with Gasteiger partial charge in [-0.05, 0) is 61.2 Å². The summed E-state index contributed by atoms with van der Waals surface area (Å²) in [6, 6.07) is 23.4. The first-order valence-electron chi connectivity index (χ1n) is 13.5. The molecule has 0 fully saturated rings. The van der Waals surface area contributed by atoms with Gasteiger partial charge < -0.3 is 29.9 Å². The van der Waals surface area contributed by atoms with Crippen molar-refractivity contribution in [1.29, 1.82) is 0 Å². The van der Waals surface area contributed by atoms with Gasteiger partial charge in [-0.1, -0.05) is 48.5 Å². The number of carbonyl (C=O) groups excluding carboxylic acids is 3. The third-order valence-corrected chi connectivity index (χ3v) is 6.79. The summed E-state index contributed by atoms with van der Waals surface area (Å²) in [4.78, 5) is 49.8. The van der Waals surface area contributed by atoms with Crippen molar-refractivity contribution in [3.05, 3.63) is 108 Å². The predicted molar refractivity (Wildman–Crippen MR) is 155 cm³/mol. The van der Waals surface area contributed by atoms with Crippen molar-refractivity contribution in [2.45, 2.75) is 25.3 Å². The molecule has 3 aromatic carbocycles. The van der Waals surface area contributed by atoms with Crippen molar-refractivity contribution in [3.63, 3.8) is 0 Å². The number of hydrogen-bond donors (Lipinski definition) is 4. The minimum atomic E-state index is -1.01. The molecule has 1 atom stereocenters. The maximum Gasteiger partial charge on any atom is 0.335 e. The summed E-state index contributed by atoms with van der Waals surface area (Å²) in [5.74, 6) is -2.00. The molecule has 0 saturated heterocycles. The van der Waals surface area contributed by atoms with E-state index in [-0.39, 0.29) is 48.4 Å². The summed E-state index contributed by atoms with van der Waals surface area (Å²) in [5, 5.41) is 19.1. The van der Waals surface area contributed by atoms with Crippen LogP contribution in [0.1, 0.15) is 49.9 Å². The Labute approximate surface area is 240 Å². The van der Waals surface area contributed by atoms with Crippen molar-refractivity contribution in [3.8, 4) is 0 Å². The van der Waals surface area contributed by atoms with Crippen molar-refractivity contribution in [2.75, 3.05) is 13.1 Å². The number of benzene rings is 3. The van der Waals surface area contributed by atoms with Crippen LogP contribution < -0.4 is 16.0 Å². The SMILES string of the molecule is O=C(O)c1ccc(CCNC(=O)[C@H](CCCNC(=O)c2cc3ccccc3o2)NC(=O)c2cc3ccccc3o2)cc1. The lowest BCUT2D eigenvalue weighted by molar-refractivity contribution is -0.123. The van der Waals surface area contributed by atoms with E-state index in [1.165, 1.54) is 12.1 Å². The van der Waals surface area contributed by atoms with Crippen LogP contribution in [0, 0.1) is 0 Å². The second kappa shape index (κ2) is 12.9. The highest BCUT2D eigenvalue weighted by atomic mass is 16.4. The van der Waals surface area contributed by atoms with E-state index in [9.17, 15) is 19.2 Å². The van der Waals surface area contributed by atoms with Gasteiger partial charge in [0.1, 0.15) is 17.2 Å². The first-order valence-corrected chi connectivity index (χ1v) is 13.5. The Morgan fingerprint density at radius 2 is 1.31 bits per heavy atom. The minimum absolute atomic E-state index is 0.0886. The molecule has 2 heterocycles. The Hall–Kier alpha value is -5.38. The molecule has 0 unspecified atom stereocenters. The van der Waals surface area contributed by atoms with E-state index >= 15 is 0 Å². The molecule has 5 rings (SSSR count). The average Bonchev–Trinajstić information content (AvgIpc) is 3.63. The maximum absolute atomic E-state index is 13.1. The molecule has 0 aliphatic heterocycles. The molecule has 4 N–H and O–H groups in total. The zero-order valence-corrected chi connectivity index (χ0v) is 22.6. The highest BCUT2D eigenvalue weighted by Crippen LogP contribution is 2.20. The van der Waals surface area contributed by atoms with E-state index < -0.39 is 17.9 Å². The fourth-order valence-corrected chi connectivity index (χ4v) is 4.55. The highest BCUT2D eigenvalue weighted by molar-refractivity contribution is 5.99. The minimum Gasteiger partial charge on any atom is -0.478 e. The van der Waals surface area contributed by atoms with E-state index in [2.05, 4.69) is 16.0 Å². The van der Waals surface area contributed by atoms with Gasteiger partial charge in [0.2, 0.25) is 5.91 Å². The number of amides is 3. The van der Waals surface area contributed by atoms with Crippen LogP contribution in [0.3, 0.4) is 0 Å². The lowest BCUT2D eigenvalue weighted by Crippen LogP contribution is -2.47. The molecule has 0 aliphatic carbocycles. The van der Waals surface area contributed by atoms with Crippen LogP contribution in [0.2, 0.25) is 0 Å². The number of nitrogens with one attached hydrogen (secondary N) is 3. The van der Waals surface area contributed by atoms with Crippen LogP contribution >= 0.6 is 0 Å². The number of hydrogen-bond acceptors (Lipinski definition) is 6. The lowest BCUT2D eigenvalue weighted by Gasteiger charge is -2.18. The van der Waals surface area contributed by atoms with Crippen LogP contribution in [0.15, 0.2) is 93.8 Å². The maximum atomic E-state index is 13.1. The normalized spacial score (nSPS) is 11.7. The van der Waals surface area contributed by atoms with Gasteiger partial charge in [0.15, 0.2) is 11.5 Å². The molecule has 0 spiro atoms. The molecule has 2 aromatic heterocycles. The summed E-state index contributed by atoms with van der Waals surface area (Å²) < 4.78 is 11.3. The Morgan fingerprint density at radius 1 is 0.714 bits per heavy atom. The van der Waals surface area contributed by atoms with Crippen LogP contribution in [-0.4, -0.2) is 47.9 Å². The van der Waals surface area contributed by atoms with Gasteiger partial charge in [0.05, 0.1) is 5.56 Å². The van der Waals surface area contributed by atoms with Gasteiger partial charge >= 0.3 is 5.97 Å². The number of carbonyl (C=O) groups is 4. The van der Waals surface area contributed by atoms with Crippen molar-refractivity contribution < 1.29 is 33.1 Å². The molecule has 42 heavy (non-hydrogen) atoms. The number of carboxylic acid groups (broad SMARTS) is 1. The third kappa shape index (κ3) is 6.84. The van der Waals surface area contributed by atoms with Crippen LogP contribution in [0.4, 0.5) is 0 Å². The standard InChI is InChI=1S/C32H29N3O7/c36-29(34-17-15-20-11-13-21(14-12-20)32(39)40)24(35-31(38)28-19-23-7-2-4-10-26(23)42-28)8-5-16-33-30(37)27-18-22-6-1-3-9-25(22)41-27/h1-4,6-7,9-14,18-19,24H,5,8,15-17H2,(H,33,37)(H,34,36)(H,35,38)(H,39,40)/t24-/m0/s1. The Kier molecular flexibility index (Phi) is 8.62. The third-order valence-electron chi connectivity index (χ3n) is 6.79. The number of furan rings is 2. The van der Waals surface area contributed by atoms with E-state index in [1.54, 1.807) is 42.5 Å². The first kappa shape index (κ1) is 28.2. The molecule has 5 aromatic rings. The van der Waals surface area contributed by atoms with E-state index in [4.69, 9.17) is 13.9 Å². The van der Waals surface area contributed by atoms with Gasteiger partial charge in [-0.15, -0.1) is 0 Å². The number of fused-ring (bicyclic) bond motifs is 2. The number of para-hydroxylation sites is 2. The van der Waals surface area contributed by atoms with Gasteiger partial charge in [-0.25, -0.2) is 4.79 Å². The molecule has 10 nitrogen and oxygen atoms in total. The summed E-state index contributed by atoms with van der Waals surface area (Å²) in [7, 11) is 0. The molecule has 0 bridgehead atoms. The number of aromatic carboxylic acids is 1. The van der Waals surface area contributed by atoms with Crippen LogP contribution in [-0.2, 0) is 11.2 Å². The Morgan fingerprint density at radius 3 is 1.90 bits per heavy atom. The summed E-state index contributed by atoms with van der Waals surface area (Å²) in [6.45, 7) is 0.543. The summed E-state index contributed by atoms with van der Waals surface area (Å²) in [5.41, 5.74) is 2.22. The Balaban J connectivity index is 1.18. The monoisotopic (exact) mass is 567 g/mol.